The van der Waals surface area contributed by atoms with Crippen molar-refractivity contribution in [2.75, 3.05) is 7.05 Å². The van der Waals surface area contributed by atoms with Gasteiger partial charge >= 0.3 is 6.18 Å². The summed E-state index contributed by atoms with van der Waals surface area (Å²) in [7, 11) is 1.30. The molecule has 0 heterocycles. The second-order valence-corrected chi connectivity index (χ2v) is 3.71. The van der Waals surface area contributed by atoms with E-state index in [4.69, 9.17) is 5.73 Å². The van der Waals surface area contributed by atoms with Crippen LogP contribution in [0.15, 0.2) is 0 Å². The number of carbonyl (C=O) groups excluding carboxylic acids is 1. The molecule has 0 fully saturated rings. The van der Waals surface area contributed by atoms with Crippen molar-refractivity contribution in [2.45, 2.75) is 38.5 Å². The van der Waals surface area contributed by atoms with Crippen LogP contribution in [0.2, 0.25) is 0 Å². The van der Waals surface area contributed by atoms with Crippen molar-refractivity contribution in [1.29, 1.82) is 0 Å². The summed E-state index contributed by atoms with van der Waals surface area (Å²) in [6.45, 7) is 3.91. The fraction of sp³-hybridized carbons (Fsp3) is 0.875. The number of likely N-dealkylation sites (N-methyl/N-ethyl adjacent to an activating group) is 1. The van der Waals surface area contributed by atoms with Gasteiger partial charge in [0.25, 0.3) is 5.91 Å². The van der Waals surface area contributed by atoms with Gasteiger partial charge in [-0.1, -0.05) is 0 Å². The third-order valence-electron chi connectivity index (χ3n) is 2.13. The van der Waals surface area contributed by atoms with Gasteiger partial charge in [-0.25, -0.2) is 0 Å². The van der Waals surface area contributed by atoms with E-state index in [1.54, 1.807) is 13.8 Å². The number of hydrogen-bond acceptors (Lipinski definition) is 2. The zero-order chi connectivity index (χ0) is 11.7. The first-order valence-corrected chi connectivity index (χ1v) is 4.14. The number of nitrogens with zero attached hydrogens (tertiary/aromatic N) is 1. The van der Waals surface area contributed by atoms with Crippen LogP contribution in [0.1, 0.15) is 20.8 Å². The van der Waals surface area contributed by atoms with E-state index in [0.29, 0.717) is 6.92 Å². The van der Waals surface area contributed by atoms with Crippen LogP contribution in [0.25, 0.3) is 0 Å². The van der Waals surface area contributed by atoms with E-state index in [1.165, 1.54) is 7.05 Å². The van der Waals surface area contributed by atoms with Crippen LogP contribution in [0.4, 0.5) is 13.2 Å². The Morgan fingerprint density at radius 2 is 1.71 bits per heavy atom. The molecule has 0 aliphatic heterocycles. The van der Waals surface area contributed by atoms with E-state index in [1.807, 2.05) is 0 Å². The van der Waals surface area contributed by atoms with Gasteiger partial charge in [-0.3, -0.25) is 4.79 Å². The zero-order valence-corrected chi connectivity index (χ0v) is 8.64. The molecule has 6 heteroatoms. The zero-order valence-electron chi connectivity index (χ0n) is 8.64. The summed E-state index contributed by atoms with van der Waals surface area (Å²) < 4.78 is 37.0. The Morgan fingerprint density at radius 1 is 1.36 bits per heavy atom. The number of amides is 1. The molecule has 0 aromatic rings. The lowest BCUT2D eigenvalue weighted by molar-refractivity contribution is -0.193. The molecule has 84 valence electrons. The van der Waals surface area contributed by atoms with E-state index >= 15 is 0 Å². The Balaban J connectivity index is 4.86. The third-order valence-corrected chi connectivity index (χ3v) is 2.13. The molecule has 1 amide bonds. The second kappa shape index (κ2) is 3.76. The van der Waals surface area contributed by atoms with Crippen LogP contribution in [0, 0.1) is 0 Å². The number of halogens is 3. The number of alkyl halides is 3. The first kappa shape index (κ1) is 13.2. The number of carbonyl (C=O) groups is 1. The summed E-state index contributed by atoms with van der Waals surface area (Å²) in [5.74, 6) is -1.12. The van der Waals surface area contributed by atoms with Crippen molar-refractivity contribution in [2.24, 2.45) is 5.73 Å². The van der Waals surface area contributed by atoms with Crippen LogP contribution in [-0.2, 0) is 4.79 Å². The molecule has 2 N–H and O–H groups in total. The fourth-order valence-corrected chi connectivity index (χ4v) is 0.722. The monoisotopic (exact) mass is 212 g/mol. The largest absolute Gasteiger partial charge is 0.415 e. The highest BCUT2D eigenvalue weighted by atomic mass is 19.4. The minimum atomic E-state index is -4.73. The minimum Gasteiger partial charge on any atom is -0.341 e. The Bertz CT molecular complexity index is 223. The van der Waals surface area contributed by atoms with Crippen molar-refractivity contribution in [3.8, 4) is 0 Å². The predicted octanol–water partition coefficient (Wildman–Crippen LogP) is 1.13. The summed E-state index contributed by atoms with van der Waals surface area (Å²) in [4.78, 5) is 12.3. The highest BCUT2D eigenvalue weighted by molar-refractivity contribution is 5.86. The highest BCUT2D eigenvalue weighted by Gasteiger charge is 2.55. The topological polar surface area (TPSA) is 46.3 Å². The number of rotatable bonds is 2. The van der Waals surface area contributed by atoms with Gasteiger partial charge < -0.3 is 10.6 Å². The molecule has 0 radical (unpaired) electrons. The molecule has 0 aliphatic carbocycles. The smallest absolute Gasteiger partial charge is 0.341 e. The van der Waals surface area contributed by atoms with Crippen LogP contribution < -0.4 is 5.73 Å². The van der Waals surface area contributed by atoms with Crippen LogP contribution in [0.5, 0.6) is 0 Å². The third kappa shape index (κ3) is 2.37. The number of nitrogens with two attached hydrogens (primary N) is 1. The van der Waals surface area contributed by atoms with E-state index in [-0.39, 0.29) is 6.04 Å². The van der Waals surface area contributed by atoms with Crippen molar-refractivity contribution in [3.63, 3.8) is 0 Å². The molecule has 0 aromatic carbocycles. The van der Waals surface area contributed by atoms with Crippen LogP contribution in [0.3, 0.4) is 0 Å². The van der Waals surface area contributed by atoms with Gasteiger partial charge in [0.05, 0.1) is 0 Å². The lowest BCUT2D eigenvalue weighted by Gasteiger charge is -2.32. The Morgan fingerprint density at radius 3 is 1.93 bits per heavy atom. The fourth-order valence-electron chi connectivity index (χ4n) is 0.722. The highest BCUT2D eigenvalue weighted by Crippen LogP contribution is 2.29. The summed E-state index contributed by atoms with van der Waals surface area (Å²) in [6, 6.07) is -0.312. The molecular weight excluding hydrogens is 197 g/mol. The van der Waals surface area contributed by atoms with Gasteiger partial charge in [-0.15, -0.1) is 0 Å². The number of hydrogen-bond donors (Lipinski definition) is 1. The Kier molecular flexibility index (Phi) is 3.55. The SMILES string of the molecule is CC(C)N(C)C(=O)C(C)(N)C(F)(F)F. The molecule has 14 heavy (non-hydrogen) atoms. The lowest BCUT2D eigenvalue weighted by Crippen LogP contribution is -2.62. The normalized spacial score (nSPS) is 16.6. The van der Waals surface area contributed by atoms with E-state index < -0.39 is 17.6 Å². The van der Waals surface area contributed by atoms with Crippen LogP contribution >= 0.6 is 0 Å². The summed E-state index contributed by atoms with van der Waals surface area (Å²) >= 11 is 0. The van der Waals surface area contributed by atoms with Crippen molar-refractivity contribution < 1.29 is 18.0 Å². The molecule has 0 bridgehead atoms. The van der Waals surface area contributed by atoms with Crippen molar-refractivity contribution in [1.82, 2.24) is 4.90 Å². The quantitative estimate of drug-likeness (QED) is 0.745. The first-order valence-electron chi connectivity index (χ1n) is 4.14. The maximum absolute atomic E-state index is 12.3. The second-order valence-electron chi connectivity index (χ2n) is 3.71. The van der Waals surface area contributed by atoms with E-state index in [9.17, 15) is 18.0 Å². The Labute approximate surface area is 81.1 Å². The van der Waals surface area contributed by atoms with Gasteiger partial charge in [-0.05, 0) is 20.8 Å². The van der Waals surface area contributed by atoms with Crippen molar-refractivity contribution in [3.05, 3.63) is 0 Å². The van der Waals surface area contributed by atoms with Gasteiger partial charge in [0.2, 0.25) is 0 Å². The lowest BCUT2D eigenvalue weighted by atomic mass is 10.0. The molecule has 0 aromatic heterocycles. The molecule has 0 saturated heterocycles. The van der Waals surface area contributed by atoms with Gasteiger partial charge in [0.15, 0.2) is 5.54 Å². The predicted molar refractivity (Wildman–Crippen MR) is 46.6 cm³/mol. The van der Waals surface area contributed by atoms with Gasteiger partial charge in [0, 0.05) is 13.1 Å². The molecule has 0 rings (SSSR count). The van der Waals surface area contributed by atoms with Crippen LogP contribution in [-0.4, -0.2) is 35.6 Å². The summed E-state index contributed by atoms with van der Waals surface area (Å²) in [5, 5.41) is 0. The molecule has 1 unspecified atom stereocenters. The molecule has 0 aliphatic rings. The molecule has 1 atom stereocenters. The van der Waals surface area contributed by atoms with E-state index in [0.717, 1.165) is 4.90 Å². The average molecular weight is 212 g/mol. The average Bonchev–Trinajstić information content (AvgIpc) is 1.99. The summed E-state index contributed by atoms with van der Waals surface area (Å²) in [6.07, 6.45) is -4.73. The van der Waals surface area contributed by atoms with Gasteiger partial charge in [-0.2, -0.15) is 13.2 Å². The van der Waals surface area contributed by atoms with E-state index in [2.05, 4.69) is 0 Å². The van der Waals surface area contributed by atoms with Crippen molar-refractivity contribution >= 4 is 5.91 Å². The standard InChI is InChI=1S/C8H15F3N2O/c1-5(2)13(4)6(14)7(3,12)8(9,10)11/h5H,12H2,1-4H3. The molecular formula is C8H15F3N2O. The molecule has 3 nitrogen and oxygen atoms in total. The van der Waals surface area contributed by atoms with Gasteiger partial charge in [0.1, 0.15) is 0 Å². The first-order chi connectivity index (χ1) is 6.01. The Hall–Kier alpha value is -0.780. The minimum absolute atomic E-state index is 0.312. The summed E-state index contributed by atoms with van der Waals surface area (Å²) in [5.41, 5.74) is 2.15. The maximum Gasteiger partial charge on any atom is 0.415 e. The molecule has 0 spiro atoms. The molecule has 0 saturated carbocycles. The maximum atomic E-state index is 12.3.